The first-order valence-corrected chi connectivity index (χ1v) is 7.83. The van der Waals surface area contributed by atoms with E-state index in [1.807, 2.05) is 30.0 Å². The van der Waals surface area contributed by atoms with Crippen molar-refractivity contribution in [3.8, 4) is 0 Å². The predicted molar refractivity (Wildman–Crippen MR) is 86.9 cm³/mol. The Hall–Kier alpha value is -1.09. The van der Waals surface area contributed by atoms with Gasteiger partial charge in [0.2, 0.25) is 0 Å². The Kier molecular flexibility index (Phi) is 4.38. The van der Waals surface area contributed by atoms with Crippen LogP contribution in [-0.4, -0.2) is 23.9 Å². The summed E-state index contributed by atoms with van der Waals surface area (Å²) in [5, 5.41) is 0. The Morgan fingerprint density at radius 2 is 2.00 bits per heavy atom. The first-order valence-electron chi connectivity index (χ1n) is 7.04. The van der Waals surface area contributed by atoms with Gasteiger partial charge in [0, 0.05) is 17.6 Å². The second kappa shape index (κ2) is 5.72. The average molecular weight is 336 g/mol. The molecule has 108 valence electrons. The van der Waals surface area contributed by atoms with Crippen molar-refractivity contribution in [3.05, 3.63) is 45.4 Å². The quantitative estimate of drug-likeness (QED) is 0.688. The van der Waals surface area contributed by atoms with Gasteiger partial charge in [0.15, 0.2) is 0 Å². The number of hydrogen-bond donors (Lipinski definition) is 0. The molecule has 0 saturated carbocycles. The zero-order valence-electron chi connectivity index (χ0n) is 12.7. The van der Waals surface area contributed by atoms with Gasteiger partial charge in [0.1, 0.15) is 0 Å². The summed E-state index contributed by atoms with van der Waals surface area (Å²) in [6, 6.07) is 5.89. The van der Waals surface area contributed by atoms with Crippen LogP contribution in [0, 0.1) is 12.3 Å². The molecule has 0 bridgehead atoms. The predicted octanol–water partition coefficient (Wildman–Crippen LogP) is 4.58. The van der Waals surface area contributed by atoms with Gasteiger partial charge in [0.05, 0.1) is 5.56 Å². The number of hydrogen-bond acceptors (Lipinski definition) is 1. The Morgan fingerprint density at radius 3 is 2.50 bits per heavy atom. The molecule has 0 fully saturated rings. The average Bonchev–Trinajstić information content (AvgIpc) is 2.37. The van der Waals surface area contributed by atoms with Crippen molar-refractivity contribution in [2.75, 3.05) is 13.1 Å². The van der Waals surface area contributed by atoms with Crippen molar-refractivity contribution in [3.63, 3.8) is 0 Å². The molecule has 20 heavy (non-hydrogen) atoms. The van der Waals surface area contributed by atoms with E-state index in [9.17, 15) is 4.79 Å². The maximum absolute atomic E-state index is 12.6. The number of aryl methyl sites for hydroxylation is 1. The highest BCUT2D eigenvalue weighted by Gasteiger charge is 2.24. The minimum absolute atomic E-state index is 0.112. The third kappa shape index (κ3) is 3.32. The first-order chi connectivity index (χ1) is 9.29. The van der Waals surface area contributed by atoms with Gasteiger partial charge in [-0.25, -0.2) is 0 Å². The molecule has 1 aromatic carbocycles. The van der Waals surface area contributed by atoms with Gasteiger partial charge >= 0.3 is 0 Å². The van der Waals surface area contributed by atoms with Crippen LogP contribution in [0.3, 0.4) is 0 Å². The SMILES string of the molecule is Cc1ccc(C(=O)N2CC=C(C(C)(C)C)CC2)c(Br)c1. The molecule has 2 nitrogen and oxygen atoms in total. The molecule has 1 aromatic rings. The molecule has 0 aromatic heterocycles. The third-order valence-electron chi connectivity index (χ3n) is 3.81. The van der Waals surface area contributed by atoms with Gasteiger partial charge in [-0.1, -0.05) is 38.5 Å². The number of benzene rings is 1. The molecule has 0 saturated heterocycles. The van der Waals surface area contributed by atoms with Crippen LogP contribution in [0.25, 0.3) is 0 Å². The summed E-state index contributed by atoms with van der Waals surface area (Å²) in [5.41, 5.74) is 3.56. The number of carbonyl (C=O) groups is 1. The number of halogens is 1. The van der Waals surface area contributed by atoms with E-state index in [1.165, 1.54) is 5.57 Å². The van der Waals surface area contributed by atoms with Crippen molar-refractivity contribution in [1.82, 2.24) is 4.90 Å². The highest BCUT2D eigenvalue weighted by Crippen LogP contribution is 2.31. The molecule has 3 heteroatoms. The van der Waals surface area contributed by atoms with E-state index < -0.39 is 0 Å². The van der Waals surface area contributed by atoms with Crippen molar-refractivity contribution in [2.24, 2.45) is 5.41 Å². The molecule has 0 atom stereocenters. The van der Waals surface area contributed by atoms with E-state index in [4.69, 9.17) is 0 Å². The summed E-state index contributed by atoms with van der Waals surface area (Å²) in [6.45, 7) is 10.2. The van der Waals surface area contributed by atoms with Crippen LogP contribution in [0.5, 0.6) is 0 Å². The summed E-state index contributed by atoms with van der Waals surface area (Å²) in [6.07, 6.45) is 3.18. The topological polar surface area (TPSA) is 20.3 Å². The van der Waals surface area contributed by atoms with E-state index in [0.717, 1.165) is 28.6 Å². The minimum Gasteiger partial charge on any atom is -0.335 e. The van der Waals surface area contributed by atoms with Crippen LogP contribution in [0.2, 0.25) is 0 Å². The van der Waals surface area contributed by atoms with Crippen molar-refractivity contribution in [1.29, 1.82) is 0 Å². The Labute approximate surface area is 130 Å². The lowest BCUT2D eigenvalue weighted by Crippen LogP contribution is -2.36. The second-order valence-corrected chi connectivity index (χ2v) is 7.32. The monoisotopic (exact) mass is 335 g/mol. The standard InChI is InChI=1S/C17H22BrNO/c1-12-5-6-14(15(18)11-12)16(20)19-9-7-13(8-10-19)17(2,3)4/h5-7,11H,8-10H2,1-4H3. The summed E-state index contributed by atoms with van der Waals surface area (Å²) < 4.78 is 0.882. The molecule has 0 aliphatic carbocycles. The first kappa shape index (κ1) is 15.3. The van der Waals surface area contributed by atoms with Crippen LogP contribution >= 0.6 is 15.9 Å². The van der Waals surface area contributed by atoms with Gasteiger partial charge in [-0.3, -0.25) is 4.79 Å². The Balaban J connectivity index is 2.14. The molecule has 0 N–H and O–H groups in total. The largest absolute Gasteiger partial charge is 0.335 e. The molecule has 1 amide bonds. The van der Waals surface area contributed by atoms with Crippen molar-refractivity contribution in [2.45, 2.75) is 34.1 Å². The van der Waals surface area contributed by atoms with Crippen molar-refractivity contribution < 1.29 is 4.79 Å². The summed E-state index contributed by atoms with van der Waals surface area (Å²) in [5.74, 6) is 0.112. The fourth-order valence-corrected chi connectivity index (χ4v) is 3.16. The lowest BCUT2D eigenvalue weighted by molar-refractivity contribution is 0.0764. The van der Waals surface area contributed by atoms with Gasteiger partial charge < -0.3 is 4.90 Å². The molecular formula is C17H22BrNO. The smallest absolute Gasteiger partial charge is 0.255 e. The molecule has 1 heterocycles. The highest BCUT2D eigenvalue weighted by atomic mass is 79.9. The van der Waals surface area contributed by atoms with Crippen molar-refractivity contribution >= 4 is 21.8 Å². The van der Waals surface area contributed by atoms with E-state index >= 15 is 0 Å². The van der Waals surface area contributed by atoms with E-state index in [0.29, 0.717) is 6.54 Å². The van der Waals surface area contributed by atoms with E-state index in [2.05, 4.69) is 42.8 Å². The molecule has 0 radical (unpaired) electrons. The zero-order chi connectivity index (χ0) is 14.9. The molecular weight excluding hydrogens is 314 g/mol. The summed E-state index contributed by atoms with van der Waals surface area (Å²) >= 11 is 3.50. The van der Waals surface area contributed by atoms with Crippen LogP contribution in [0.4, 0.5) is 0 Å². The number of nitrogens with zero attached hydrogens (tertiary/aromatic N) is 1. The molecule has 1 aliphatic heterocycles. The molecule has 1 aliphatic rings. The fraction of sp³-hybridized carbons (Fsp3) is 0.471. The van der Waals surface area contributed by atoms with E-state index in [-0.39, 0.29) is 11.3 Å². The molecule has 0 unspecified atom stereocenters. The van der Waals surface area contributed by atoms with Crippen LogP contribution in [-0.2, 0) is 0 Å². The maximum atomic E-state index is 12.6. The number of rotatable bonds is 1. The zero-order valence-corrected chi connectivity index (χ0v) is 14.3. The van der Waals surface area contributed by atoms with Gasteiger partial charge in [-0.2, -0.15) is 0 Å². The van der Waals surface area contributed by atoms with Crippen LogP contribution < -0.4 is 0 Å². The molecule has 2 rings (SSSR count). The number of carbonyl (C=O) groups excluding carboxylic acids is 1. The lowest BCUT2D eigenvalue weighted by atomic mass is 9.83. The minimum atomic E-state index is 0.112. The molecule has 0 spiro atoms. The third-order valence-corrected chi connectivity index (χ3v) is 4.47. The second-order valence-electron chi connectivity index (χ2n) is 6.46. The Morgan fingerprint density at radius 1 is 1.30 bits per heavy atom. The van der Waals surface area contributed by atoms with Gasteiger partial charge in [-0.15, -0.1) is 0 Å². The summed E-state index contributed by atoms with van der Waals surface area (Å²) in [7, 11) is 0. The fourth-order valence-electron chi connectivity index (χ4n) is 2.50. The van der Waals surface area contributed by atoms with Gasteiger partial charge in [-0.05, 0) is 52.4 Å². The highest BCUT2D eigenvalue weighted by molar-refractivity contribution is 9.10. The van der Waals surface area contributed by atoms with E-state index in [1.54, 1.807) is 0 Å². The lowest BCUT2D eigenvalue weighted by Gasteiger charge is -2.32. The van der Waals surface area contributed by atoms with Crippen LogP contribution in [0.1, 0.15) is 43.1 Å². The van der Waals surface area contributed by atoms with Crippen LogP contribution in [0.15, 0.2) is 34.3 Å². The van der Waals surface area contributed by atoms with Gasteiger partial charge in [0.25, 0.3) is 5.91 Å². The number of amides is 1. The maximum Gasteiger partial charge on any atom is 0.255 e. The summed E-state index contributed by atoms with van der Waals surface area (Å²) in [4.78, 5) is 14.5. The Bertz CT molecular complexity index is 555. The normalized spacial score (nSPS) is 16.1.